The first-order valence-corrected chi connectivity index (χ1v) is 6.76. The molecular weight excluding hydrogens is 281 g/mol. The Labute approximate surface area is 120 Å². The van der Waals surface area contributed by atoms with Crippen LogP contribution in [0.2, 0.25) is 5.02 Å². The normalized spacial score (nSPS) is 14.1. The highest BCUT2D eigenvalue weighted by molar-refractivity contribution is 6.31. The fraction of sp³-hybridized carbons (Fsp3) is 0.286. The van der Waals surface area contributed by atoms with Crippen molar-refractivity contribution in [3.63, 3.8) is 0 Å². The molecule has 0 amide bonds. The van der Waals surface area contributed by atoms with Crippen molar-refractivity contribution < 1.29 is 4.39 Å². The molecule has 0 spiro atoms. The third-order valence-corrected chi connectivity index (χ3v) is 3.71. The van der Waals surface area contributed by atoms with Crippen LogP contribution < -0.4 is 10.9 Å². The standard InChI is InChI=1S/C14H13ClFN3O/c15-12-2-1-11(16)5-10(12)8-19-14(20)6-9-7-17-4-3-13(9)18-19/h1-2,5-6,17H,3-4,7-8H2. The summed E-state index contributed by atoms with van der Waals surface area (Å²) in [6.07, 6.45) is 0.784. The molecule has 0 saturated heterocycles. The highest BCUT2D eigenvalue weighted by Gasteiger charge is 2.13. The van der Waals surface area contributed by atoms with E-state index in [1.807, 2.05) is 0 Å². The molecule has 0 saturated carbocycles. The second-order valence-corrected chi connectivity index (χ2v) is 5.18. The monoisotopic (exact) mass is 293 g/mol. The Hall–Kier alpha value is -1.72. The van der Waals surface area contributed by atoms with Crippen LogP contribution in [0.4, 0.5) is 4.39 Å². The van der Waals surface area contributed by atoms with E-state index in [4.69, 9.17) is 11.6 Å². The fourth-order valence-corrected chi connectivity index (χ4v) is 2.48. The molecule has 2 heterocycles. The first-order chi connectivity index (χ1) is 9.63. The van der Waals surface area contributed by atoms with E-state index in [-0.39, 0.29) is 17.9 Å². The van der Waals surface area contributed by atoms with E-state index in [2.05, 4.69) is 10.4 Å². The van der Waals surface area contributed by atoms with Gasteiger partial charge in [-0.2, -0.15) is 5.10 Å². The van der Waals surface area contributed by atoms with Gasteiger partial charge in [0, 0.05) is 30.6 Å². The molecule has 0 unspecified atom stereocenters. The maximum Gasteiger partial charge on any atom is 0.267 e. The van der Waals surface area contributed by atoms with Crippen LogP contribution in [0.25, 0.3) is 0 Å². The Morgan fingerprint density at radius 3 is 3.10 bits per heavy atom. The van der Waals surface area contributed by atoms with E-state index in [1.54, 1.807) is 6.07 Å². The highest BCUT2D eigenvalue weighted by Crippen LogP contribution is 2.18. The molecule has 0 bridgehead atoms. The molecule has 6 heteroatoms. The molecular formula is C14H13ClFN3O. The summed E-state index contributed by atoms with van der Waals surface area (Å²) < 4.78 is 14.6. The zero-order valence-corrected chi connectivity index (χ0v) is 11.5. The van der Waals surface area contributed by atoms with Gasteiger partial charge >= 0.3 is 0 Å². The first-order valence-electron chi connectivity index (χ1n) is 6.38. The second-order valence-electron chi connectivity index (χ2n) is 4.77. The minimum absolute atomic E-state index is 0.177. The number of halogens is 2. The van der Waals surface area contributed by atoms with Crippen molar-refractivity contribution in [3.8, 4) is 0 Å². The third kappa shape index (κ3) is 2.59. The van der Waals surface area contributed by atoms with Gasteiger partial charge in [0.15, 0.2) is 0 Å². The summed E-state index contributed by atoms with van der Waals surface area (Å²) in [4.78, 5) is 12.0. The average Bonchev–Trinajstić information content (AvgIpc) is 2.43. The lowest BCUT2D eigenvalue weighted by molar-refractivity contribution is 0.560. The summed E-state index contributed by atoms with van der Waals surface area (Å²) in [5, 5.41) is 7.99. The lowest BCUT2D eigenvalue weighted by Gasteiger charge is -2.17. The van der Waals surface area contributed by atoms with Crippen molar-refractivity contribution in [2.45, 2.75) is 19.5 Å². The Morgan fingerprint density at radius 1 is 1.40 bits per heavy atom. The lowest BCUT2D eigenvalue weighted by atomic mass is 10.1. The van der Waals surface area contributed by atoms with Crippen LogP contribution in [0, 0.1) is 5.82 Å². The summed E-state index contributed by atoms with van der Waals surface area (Å²) in [6.45, 7) is 1.69. The van der Waals surface area contributed by atoms with Gasteiger partial charge in [0.1, 0.15) is 5.82 Å². The van der Waals surface area contributed by atoms with Gasteiger partial charge in [-0.1, -0.05) is 11.6 Å². The molecule has 3 rings (SSSR count). The topological polar surface area (TPSA) is 46.9 Å². The predicted molar refractivity (Wildman–Crippen MR) is 74.4 cm³/mol. The molecule has 0 fully saturated rings. The number of fused-ring (bicyclic) bond motifs is 1. The zero-order valence-electron chi connectivity index (χ0n) is 10.7. The molecule has 1 aromatic carbocycles. The van der Waals surface area contributed by atoms with Crippen LogP contribution in [-0.2, 0) is 19.5 Å². The summed E-state index contributed by atoms with van der Waals surface area (Å²) in [5.41, 5.74) is 2.20. The van der Waals surface area contributed by atoms with E-state index < -0.39 is 0 Å². The van der Waals surface area contributed by atoms with E-state index in [0.717, 1.165) is 24.2 Å². The molecule has 2 aromatic rings. The van der Waals surface area contributed by atoms with Gasteiger partial charge < -0.3 is 5.32 Å². The number of aromatic nitrogens is 2. The molecule has 1 aromatic heterocycles. The van der Waals surface area contributed by atoms with Gasteiger partial charge in [0.25, 0.3) is 5.56 Å². The molecule has 0 aliphatic carbocycles. The van der Waals surface area contributed by atoms with E-state index in [0.29, 0.717) is 17.1 Å². The Kier molecular flexibility index (Phi) is 3.54. The smallest absolute Gasteiger partial charge is 0.267 e. The quantitative estimate of drug-likeness (QED) is 0.917. The first kappa shape index (κ1) is 13.3. The van der Waals surface area contributed by atoms with Crippen molar-refractivity contribution in [1.29, 1.82) is 0 Å². The van der Waals surface area contributed by atoms with Crippen LogP contribution in [0.1, 0.15) is 16.8 Å². The van der Waals surface area contributed by atoms with Crippen LogP contribution in [0.15, 0.2) is 29.1 Å². The van der Waals surface area contributed by atoms with Crippen molar-refractivity contribution >= 4 is 11.6 Å². The lowest BCUT2D eigenvalue weighted by Crippen LogP contribution is -2.31. The molecule has 0 radical (unpaired) electrons. The van der Waals surface area contributed by atoms with Crippen molar-refractivity contribution in [2.24, 2.45) is 0 Å². The van der Waals surface area contributed by atoms with Gasteiger partial charge in [-0.25, -0.2) is 9.07 Å². The number of hydrogen-bond donors (Lipinski definition) is 1. The number of nitrogens with one attached hydrogen (secondary N) is 1. The molecule has 20 heavy (non-hydrogen) atoms. The third-order valence-electron chi connectivity index (χ3n) is 3.35. The summed E-state index contributed by atoms with van der Waals surface area (Å²) >= 11 is 6.02. The van der Waals surface area contributed by atoms with Crippen molar-refractivity contribution in [1.82, 2.24) is 15.1 Å². The second kappa shape index (κ2) is 5.34. The molecule has 1 aliphatic heterocycles. The average molecular weight is 294 g/mol. The van der Waals surface area contributed by atoms with E-state index in [1.165, 1.54) is 22.9 Å². The number of hydrogen-bond acceptors (Lipinski definition) is 3. The molecule has 1 aliphatic rings. The van der Waals surface area contributed by atoms with Crippen LogP contribution in [0.5, 0.6) is 0 Å². The summed E-state index contributed by atoms with van der Waals surface area (Å²) in [5.74, 6) is -0.375. The Bertz CT molecular complexity index is 714. The Morgan fingerprint density at radius 2 is 2.25 bits per heavy atom. The number of nitrogens with zero attached hydrogens (tertiary/aromatic N) is 2. The summed E-state index contributed by atoms with van der Waals surface area (Å²) in [7, 11) is 0. The van der Waals surface area contributed by atoms with Crippen molar-refractivity contribution in [3.05, 3.63) is 62.3 Å². The van der Waals surface area contributed by atoms with Gasteiger partial charge in [-0.3, -0.25) is 4.79 Å². The van der Waals surface area contributed by atoms with Crippen LogP contribution >= 0.6 is 11.6 Å². The van der Waals surface area contributed by atoms with Crippen molar-refractivity contribution in [2.75, 3.05) is 6.54 Å². The number of benzene rings is 1. The van der Waals surface area contributed by atoms with Gasteiger partial charge in [0.2, 0.25) is 0 Å². The predicted octanol–water partition coefficient (Wildman–Crippen LogP) is 1.73. The molecule has 4 nitrogen and oxygen atoms in total. The zero-order chi connectivity index (χ0) is 14.1. The van der Waals surface area contributed by atoms with Gasteiger partial charge in [-0.05, 0) is 29.3 Å². The number of rotatable bonds is 2. The SMILES string of the molecule is O=c1cc2c(nn1Cc1cc(F)ccc1Cl)CCNC2. The van der Waals surface area contributed by atoms with Gasteiger partial charge in [0.05, 0.1) is 12.2 Å². The Balaban J connectivity index is 1.98. The molecule has 1 N–H and O–H groups in total. The maximum atomic E-state index is 13.2. The fourth-order valence-electron chi connectivity index (χ4n) is 2.30. The van der Waals surface area contributed by atoms with Crippen LogP contribution in [-0.4, -0.2) is 16.3 Å². The molecule has 104 valence electrons. The minimum Gasteiger partial charge on any atom is -0.312 e. The highest BCUT2D eigenvalue weighted by atomic mass is 35.5. The largest absolute Gasteiger partial charge is 0.312 e. The van der Waals surface area contributed by atoms with Gasteiger partial charge in [-0.15, -0.1) is 0 Å². The molecule has 0 atom stereocenters. The van der Waals surface area contributed by atoms with Crippen LogP contribution in [0.3, 0.4) is 0 Å². The van der Waals surface area contributed by atoms with E-state index in [9.17, 15) is 9.18 Å². The minimum atomic E-state index is -0.375. The maximum absolute atomic E-state index is 13.2. The summed E-state index contributed by atoms with van der Waals surface area (Å²) in [6, 6.07) is 5.69. The van der Waals surface area contributed by atoms with E-state index >= 15 is 0 Å².